The highest BCUT2D eigenvalue weighted by atomic mass is 35.5. The SMILES string of the molecule is CCCN(CC)C(=O)N[C@@H](C(=O)O)c1ccccc1Cl. The summed E-state index contributed by atoms with van der Waals surface area (Å²) in [6.45, 7) is 4.91. The Morgan fingerprint density at radius 1 is 1.35 bits per heavy atom. The Hall–Kier alpha value is -1.75. The number of urea groups is 1. The summed E-state index contributed by atoms with van der Waals surface area (Å²) in [5.41, 5.74) is 0.377. The van der Waals surface area contributed by atoms with E-state index in [9.17, 15) is 14.7 Å². The maximum Gasteiger partial charge on any atom is 0.331 e. The molecule has 0 bridgehead atoms. The molecule has 1 aromatic rings. The standard InChI is InChI=1S/C14H19ClN2O3/c1-3-9-17(4-2)14(20)16-12(13(18)19)10-7-5-6-8-11(10)15/h5-8,12H,3-4,9H2,1-2H3,(H,16,20)(H,18,19)/t12-/m1/s1. The molecule has 1 aromatic carbocycles. The number of hydrogen-bond acceptors (Lipinski definition) is 2. The summed E-state index contributed by atoms with van der Waals surface area (Å²) in [5.74, 6) is -1.14. The van der Waals surface area contributed by atoms with E-state index in [0.717, 1.165) is 6.42 Å². The van der Waals surface area contributed by atoms with Gasteiger partial charge in [0.1, 0.15) is 0 Å². The fraction of sp³-hybridized carbons (Fsp3) is 0.429. The monoisotopic (exact) mass is 298 g/mol. The minimum atomic E-state index is -1.15. The third kappa shape index (κ3) is 4.13. The maximum absolute atomic E-state index is 12.1. The van der Waals surface area contributed by atoms with E-state index in [1.165, 1.54) is 0 Å². The first-order valence-corrected chi connectivity index (χ1v) is 6.91. The van der Waals surface area contributed by atoms with E-state index in [1.807, 2.05) is 13.8 Å². The molecule has 0 saturated carbocycles. The lowest BCUT2D eigenvalue weighted by molar-refractivity contribution is -0.139. The van der Waals surface area contributed by atoms with Crippen LogP contribution in [0.2, 0.25) is 5.02 Å². The van der Waals surface area contributed by atoms with Gasteiger partial charge in [0, 0.05) is 23.7 Å². The number of carboxylic acids is 1. The molecule has 0 spiro atoms. The molecule has 2 amide bonds. The van der Waals surface area contributed by atoms with Crippen molar-refractivity contribution >= 4 is 23.6 Å². The zero-order valence-electron chi connectivity index (χ0n) is 11.6. The minimum Gasteiger partial charge on any atom is -0.479 e. The number of amides is 2. The zero-order chi connectivity index (χ0) is 15.1. The summed E-state index contributed by atoms with van der Waals surface area (Å²) in [4.78, 5) is 25.0. The number of nitrogens with one attached hydrogen (secondary N) is 1. The summed E-state index contributed by atoms with van der Waals surface area (Å²) in [6.07, 6.45) is 0.811. The smallest absolute Gasteiger partial charge is 0.331 e. The van der Waals surface area contributed by atoms with E-state index < -0.39 is 18.0 Å². The number of aliphatic carboxylic acids is 1. The summed E-state index contributed by atoms with van der Waals surface area (Å²) in [5, 5.41) is 12.1. The second-order valence-electron chi connectivity index (χ2n) is 4.32. The molecule has 0 radical (unpaired) electrons. The summed E-state index contributed by atoms with van der Waals surface area (Å²) < 4.78 is 0. The van der Waals surface area contributed by atoms with Gasteiger partial charge in [0.25, 0.3) is 0 Å². The second kappa shape index (κ2) is 7.75. The van der Waals surface area contributed by atoms with Crippen LogP contribution >= 0.6 is 11.6 Å². The Morgan fingerprint density at radius 3 is 2.50 bits per heavy atom. The molecule has 0 unspecified atom stereocenters. The van der Waals surface area contributed by atoms with Crippen molar-refractivity contribution in [3.8, 4) is 0 Å². The quantitative estimate of drug-likeness (QED) is 0.848. The van der Waals surface area contributed by atoms with Crippen molar-refractivity contribution in [1.82, 2.24) is 10.2 Å². The highest BCUT2D eigenvalue weighted by Gasteiger charge is 2.25. The lowest BCUT2D eigenvalue weighted by Crippen LogP contribution is -2.44. The number of nitrogens with zero attached hydrogens (tertiary/aromatic N) is 1. The van der Waals surface area contributed by atoms with Crippen LogP contribution in [0.4, 0.5) is 4.79 Å². The molecule has 0 aromatic heterocycles. The molecule has 5 nitrogen and oxygen atoms in total. The number of benzene rings is 1. The van der Waals surface area contributed by atoms with Crippen LogP contribution in [0.15, 0.2) is 24.3 Å². The molecule has 0 aliphatic heterocycles. The third-order valence-corrected chi connectivity index (χ3v) is 3.24. The molecular weight excluding hydrogens is 280 g/mol. The fourth-order valence-corrected chi connectivity index (χ4v) is 2.11. The van der Waals surface area contributed by atoms with E-state index in [0.29, 0.717) is 23.7 Å². The van der Waals surface area contributed by atoms with Crippen LogP contribution in [0.3, 0.4) is 0 Å². The lowest BCUT2D eigenvalue weighted by atomic mass is 10.1. The van der Waals surface area contributed by atoms with Gasteiger partial charge < -0.3 is 15.3 Å². The third-order valence-electron chi connectivity index (χ3n) is 2.89. The van der Waals surface area contributed by atoms with Gasteiger partial charge >= 0.3 is 12.0 Å². The number of carboxylic acid groups (broad SMARTS) is 1. The van der Waals surface area contributed by atoms with Gasteiger partial charge in [-0.15, -0.1) is 0 Å². The lowest BCUT2D eigenvalue weighted by Gasteiger charge is -2.24. The van der Waals surface area contributed by atoms with E-state index in [1.54, 1.807) is 29.2 Å². The molecule has 1 atom stereocenters. The summed E-state index contributed by atoms with van der Waals surface area (Å²) >= 11 is 5.99. The van der Waals surface area contributed by atoms with Crippen LogP contribution in [0.5, 0.6) is 0 Å². The van der Waals surface area contributed by atoms with Crippen LogP contribution in [0.25, 0.3) is 0 Å². The van der Waals surface area contributed by atoms with Gasteiger partial charge in [0.05, 0.1) is 0 Å². The number of carbonyl (C=O) groups excluding carboxylic acids is 1. The highest BCUT2D eigenvalue weighted by molar-refractivity contribution is 6.31. The molecule has 0 saturated heterocycles. The highest BCUT2D eigenvalue weighted by Crippen LogP contribution is 2.23. The van der Waals surface area contributed by atoms with Crippen LogP contribution in [0.1, 0.15) is 31.9 Å². The number of rotatable bonds is 6. The fourth-order valence-electron chi connectivity index (χ4n) is 1.87. The van der Waals surface area contributed by atoms with E-state index in [2.05, 4.69) is 5.32 Å². The number of halogens is 1. The minimum absolute atomic E-state index is 0.318. The first kappa shape index (κ1) is 16.3. The van der Waals surface area contributed by atoms with Gasteiger partial charge in [-0.05, 0) is 19.4 Å². The van der Waals surface area contributed by atoms with Crippen molar-refractivity contribution in [3.05, 3.63) is 34.9 Å². The van der Waals surface area contributed by atoms with Crippen molar-refractivity contribution in [2.75, 3.05) is 13.1 Å². The van der Waals surface area contributed by atoms with Crippen molar-refractivity contribution in [1.29, 1.82) is 0 Å². The molecule has 0 heterocycles. The van der Waals surface area contributed by atoms with E-state index >= 15 is 0 Å². The Labute approximate surface area is 123 Å². The van der Waals surface area contributed by atoms with Crippen molar-refractivity contribution < 1.29 is 14.7 Å². The molecule has 0 aliphatic rings. The number of hydrogen-bond donors (Lipinski definition) is 2. The molecular formula is C14H19ClN2O3. The van der Waals surface area contributed by atoms with Crippen molar-refractivity contribution in [3.63, 3.8) is 0 Å². The normalized spacial score (nSPS) is 11.8. The van der Waals surface area contributed by atoms with Crippen molar-refractivity contribution in [2.45, 2.75) is 26.3 Å². The number of carbonyl (C=O) groups is 2. The molecule has 6 heteroatoms. The largest absolute Gasteiger partial charge is 0.479 e. The average molecular weight is 299 g/mol. The predicted molar refractivity (Wildman–Crippen MR) is 77.9 cm³/mol. The van der Waals surface area contributed by atoms with Gasteiger partial charge in [0.15, 0.2) is 6.04 Å². The Balaban J connectivity index is 2.91. The molecule has 1 rings (SSSR count). The molecule has 0 fully saturated rings. The van der Waals surface area contributed by atoms with Crippen molar-refractivity contribution in [2.24, 2.45) is 0 Å². The summed E-state index contributed by atoms with van der Waals surface area (Å²) in [7, 11) is 0. The Morgan fingerprint density at radius 2 is 2.00 bits per heavy atom. The first-order valence-electron chi connectivity index (χ1n) is 6.53. The maximum atomic E-state index is 12.1. The Bertz CT molecular complexity index is 479. The predicted octanol–water partition coefficient (Wildman–Crippen LogP) is 2.91. The molecule has 0 aliphatic carbocycles. The van der Waals surface area contributed by atoms with Crippen LogP contribution < -0.4 is 5.32 Å². The Kier molecular flexibility index (Phi) is 6.31. The molecule has 20 heavy (non-hydrogen) atoms. The first-order chi connectivity index (χ1) is 9.51. The molecule has 2 N–H and O–H groups in total. The van der Waals surface area contributed by atoms with Crippen LogP contribution in [-0.4, -0.2) is 35.1 Å². The van der Waals surface area contributed by atoms with Gasteiger partial charge in [-0.2, -0.15) is 0 Å². The van der Waals surface area contributed by atoms with Gasteiger partial charge in [-0.3, -0.25) is 0 Å². The van der Waals surface area contributed by atoms with E-state index in [4.69, 9.17) is 11.6 Å². The zero-order valence-corrected chi connectivity index (χ0v) is 12.4. The topological polar surface area (TPSA) is 69.6 Å². The van der Waals surface area contributed by atoms with Gasteiger partial charge in [-0.1, -0.05) is 36.7 Å². The summed E-state index contributed by atoms with van der Waals surface area (Å²) in [6, 6.07) is 5.04. The molecule has 110 valence electrons. The van der Waals surface area contributed by atoms with Crippen LogP contribution in [0, 0.1) is 0 Å². The van der Waals surface area contributed by atoms with E-state index in [-0.39, 0.29) is 0 Å². The second-order valence-corrected chi connectivity index (χ2v) is 4.73. The van der Waals surface area contributed by atoms with Gasteiger partial charge in [0.2, 0.25) is 0 Å². The van der Waals surface area contributed by atoms with Gasteiger partial charge in [-0.25, -0.2) is 9.59 Å². The average Bonchev–Trinajstić information content (AvgIpc) is 2.42. The van der Waals surface area contributed by atoms with Crippen LogP contribution in [-0.2, 0) is 4.79 Å².